The van der Waals surface area contributed by atoms with E-state index in [-0.39, 0.29) is 0 Å². The number of fused-ring (bicyclic) bond motifs is 1. The van der Waals surface area contributed by atoms with Crippen LogP contribution in [-0.2, 0) is 13.2 Å². The van der Waals surface area contributed by atoms with Crippen LogP contribution in [0.15, 0.2) is 36.4 Å². The molecule has 2 N–H and O–H groups in total. The molecule has 130 valence electrons. The summed E-state index contributed by atoms with van der Waals surface area (Å²) in [6.07, 6.45) is -4.40. The first-order chi connectivity index (χ1) is 11.6. The Balaban J connectivity index is 2.30. The number of benzene rings is 2. The topological polar surface area (TPSA) is 48.0 Å². The van der Waals surface area contributed by atoms with E-state index < -0.39 is 17.6 Å². The first-order valence-corrected chi connectivity index (χ1v) is 7.75. The maximum absolute atomic E-state index is 12.8. The molecule has 0 spiro atoms. The highest BCUT2D eigenvalue weighted by molar-refractivity contribution is 6.32. The van der Waals surface area contributed by atoms with Crippen molar-refractivity contribution in [2.45, 2.75) is 13.1 Å². The molecule has 0 aliphatic heterocycles. The summed E-state index contributed by atoms with van der Waals surface area (Å²) in [6, 6.07) is 8.20. The van der Waals surface area contributed by atoms with Gasteiger partial charge in [0.1, 0.15) is 5.69 Å². The van der Waals surface area contributed by atoms with Crippen LogP contribution >= 0.6 is 11.6 Å². The van der Waals surface area contributed by atoms with Crippen molar-refractivity contribution < 1.29 is 18.0 Å². The number of nitrogens with zero attached hydrogens (tertiary/aromatic N) is 1. The molecule has 0 saturated heterocycles. The Labute approximate surface area is 146 Å². The first kappa shape index (κ1) is 17.4. The van der Waals surface area contributed by atoms with Crippen molar-refractivity contribution in [2.75, 3.05) is 0 Å². The monoisotopic (exact) mass is 366 g/mol. The molecular weight excluding hydrogens is 353 g/mol. The number of hydrogen-bond donors (Lipinski definition) is 1. The normalized spacial score (nSPS) is 11.9. The van der Waals surface area contributed by atoms with Crippen LogP contribution in [-0.4, -0.2) is 10.5 Å². The predicted octanol–water partition coefficient (Wildman–Crippen LogP) is 4.92. The standard InChI is InChI=1S/C18H14ClF3N2O/c1-9-13-7-12(19)8-14(16(13)24(2)15(9)17(23)25)10-3-5-11(6-4-10)18(20,21)22/h3-8H,1-2H3,(H2,23,25). The summed E-state index contributed by atoms with van der Waals surface area (Å²) in [5, 5.41) is 1.16. The summed E-state index contributed by atoms with van der Waals surface area (Å²) >= 11 is 6.19. The van der Waals surface area contributed by atoms with E-state index in [0.717, 1.165) is 17.5 Å². The van der Waals surface area contributed by atoms with Gasteiger partial charge in [0, 0.05) is 23.0 Å². The zero-order chi connectivity index (χ0) is 18.5. The molecule has 3 rings (SSSR count). The van der Waals surface area contributed by atoms with E-state index in [2.05, 4.69) is 0 Å². The second-order valence-corrected chi connectivity index (χ2v) is 6.26. The molecule has 0 bridgehead atoms. The average Bonchev–Trinajstić information content (AvgIpc) is 2.77. The third-order valence-corrected chi connectivity index (χ3v) is 4.48. The highest BCUT2D eigenvalue weighted by atomic mass is 35.5. The highest BCUT2D eigenvalue weighted by Gasteiger charge is 2.30. The lowest BCUT2D eigenvalue weighted by Crippen LogP contribution is -2.16. The molecular formula is C18H14ClF3N2O. The predicted molar refractivity (Wildman–Crippen MR) is 91.6 cm³/mol. The van der Waals surface area contributed by atoms with Crippen LogP contribution in [0.25, 0.3) is 22.0 Å². The van der Waals surface area contributed by atoms with Gasteiger partial charge in [-0.1, -0.05) is 23.7 Å². The van der Waals surface area contributed by atoms with Crippen molar-refractivity contribution in [1.82, 2.24) is 4.57 Å². The SMILES string of the molecule is Cc1c(C(N)=O)n(C)c2c(-c3ccc(C(F)(F)F)cc3)cc(Cl)cc12. The van der Waals surface area contributed by atoms with Gasteiger partial charge in [-0.05, 0) is 42.3 Å². The molecule has 0 saturated carbocycles. The van der Waals surface area contributed by atoms with Crippen LogP contribution in [0.2, 0.25) is 5.02 Å². The van der Waals surface area contributed by atoms with Gasteiger partial charge in [-0.3, -0.25) is 4.79 Å². The number of halogens is 4. The number of amides is 1. The second kappa shape index (κ2) is 5.81. The van der Waals surface area contributed by atoms with Gasteiger partial charge < -0.3 is 10.3 Å². The molecule has 0 unspecified atom stereocenters. The van der Waals surface area contributed by atoms with E-state index in [1.807, 2.05) is 0 Å². The summed E-state index contributed by atoms with van der Waals surface area (Å²) in [5.41, 5.74) is 7.64. The largest absolute Gasteiger partial charge is 0.416 e. The molecule has 0 radical (unpaired) electrons. The molecule has 0 atom stereocenters. The third kappa shape index (κ3) is 2.87. The van der Waals surface area contributed by atoms with Gasteiger partial charge in [0.2, 0.25) is 0 Å². The number of rotatable bonds is 2. The Bertz CT molecular complexity index is 988. The van der Waals surface area contributed by atoms with Crippen molar-refractivity contribution in [3.63, 3.8) is 0 Å². The Kier molecular flexibility index (Phi) is 4.03. The van der Waals surface area contributed by atoms with E-state index in [1.165, 1.54) is 12.1 Å². The fourth-order valence-corrected chi connectivity index (χ4v) is 3.36. The molecule has 1 aromatic heterocycles. The molecule has 2 aromatic carbocycles. The number of nitrogens with two attached hydrogens (primary N) is 1. The van der Waals surface area contributed by atoms with E-state index >= 15 is 0 Å². The van der Waals surface area contributed by atoms with Gasteiger partial charge >= 0.3 is 6.18 Å². The van der Waals surface area contributed by atoms with E-state index in [0.29, 0.717) is 32.9 Å². The second-order valence-electron chi connectivity index (χ2n) is 5.82. The minimum Gasteiger partial charge on any atom is -0.364 e. The Morgan fingerprint density at radius 1 is 1.16 bits per heavy atom. The van der Waals surface area contributed by atoms with Crippen molar-refractivity contribution in [2.24, 2.45) is 12.8 Å². The Morgan fingerprint density at radius 3 is 2.28 bits per heavy atom. The summed E-state index contributed by atoms with van der Waals surface area (Å²) in [7, 11) is 1.69. The lowest BCUT2D eigenvalue weighted by Gasteiger charge is -2.11. The lowest BCUT2D eigenvalue weighted by atomic mass is 10.0. The van der Waals surface area contributed by atoms with Crippen LogP contribution in [0.1, 0.15) is 21.6 Å². The summed E-state index contributed by atoms with van der Waals surface area (Å²) < 4.78 is 40.0. The van der Waals surface area contributed by atoms with Gasteiger partial charge in [0.15, 0.2) is 0 Å². The number of primary amides is 1. The fraction of sp³-hybridized carbons (Fsp3) is 0.167. The summed E-state index contributed by atoms with van der Waals surface area (Å²) in [5.74, 6) is -0.578. The van der Waals surface area contributed by atoms with Crippen molar-refractivity contribution in [1.29, 1.82) is 0 Å². The molecule has 3 aromatic rings. The zero-order valence-electron chi connectivity index (χ0n) is 13.4. The molecule has 25 heavy (non-hydrogen) atoms. The summed E-state index contributed by atoms with van der Waals surface area (Å²) in [6.45, 7) is 1.76. The molecule has 1 heterocycles. The maximum atomic E-state index is 12.8. The van der Waals surface area contributed by atoms with E-state index in [9.17, 15) is 18.0 Å². The van der Waals surface area contributed by atoms with Crippen LogP contribution in [0.5, 0.6) is 0 Å². The van der Waals surface area contributed by atoms with Gasteiger partial charge in [-0.15, -0.1) is 0 Å². The molecule has 0 aliphatic carbocycles. The molecule has 0 fully saturated rings. The maximum Gasteiger partial charge on any atom is 0.416 e. The minimum atomic E-state index is -4.40. The Morgan fingerprint density at radius 2 is 1.76 bits per heavy atom. The minimum absolute atomic E-state index is 0.338. The number of aryl methyl sites for hydroxylation is 2. The van der Waals surface area contributed by atoms with E-state index in [1.54, 1.807) is 30.7 Å². The van der Waals surface area contributed by atoms with Gasteiger partial charge in [-0.2, -0.15) is 13.2 Å². The number of carbonyl (C=O) groups excluding carboxylic acids is 1. The van der Waals surface area contributed by atoms with Gasteiger partial charge in [0.25, 0.3) is 5.91 Å². The Hall–Kier alpha value is -2.47. The lowest BCUT2D eigenvalue weighted by molar-refractivity contribution is -0.137. The first-order valence-electron chi connectivity index (χ1n) is 7.37. The molecule has 0 aliphatic rings. The van der Waals surface area contributed by atoms with Crippen molar-refractivity contribution in [3.8, 4) is 11.1 Å². The smallest absolute Gasteiger partial charge is 0.364 e. The zero-order valence-corrected chi connectivity index (χ0v) is 14.2. The highest BCUT2D eigenvalue weighted by Crippen LogP contribution is 2.37. The van der Waals surface area contributed by atoms with Crippen LogP contribution in [0.3, 0.4) is 0 Å². The average molecular weight is 367 g/mol. The number of alkyl halides is 3. The molecule has 7 heteroatoms. The molecule has 3 nitrogen and oxygen atoms in total. The number of carbonyl (C=O) groups is 1. The fourth-order valence-electron chi connectivity index (χ4n) is 3.15. The van der Waals surface area contributed by atoms with Crippen molar-refractivity contribution >= 4 is 28.4 Å². The quantitative estimate of drug-likeness (QED) is 0.687. The van der Waals surface area contributed by atoms with Crippen molar-refractivity contribution in [3.05, 3.63) is 58.2 Å². The number of hydrogen-bond acceptors (Lipinski definition) is 1. The number of aromatic nitrogens is 1. The van der Waals surface area contributed by atoms with Crippen LogP contribution < -0.4 is 5.73 Å². The molecule has 1 amide bonds. The van der Waals surface area contributed by atoms with E-state index in [4.69, 9.17) is 17.3 Å². The summed E-state index contributed by atoms with van der Waals surface area (Å²) in [4.78, 5) is 11.7. The van der Waals surface area contributed by atoms with Gasteiger partial charge in [0.05, 0.1) is 11.1 Å². The van der Waals surface area contributed by atoms with Crippen LogP contribution in [0.4, 0.5) is 13.2 Å². The van der Waals surface area contributed by atoms with Gasteiger partial charge in [-0.25, -0.2) is 0 Å². The third-order valence-electron chi connectivity index (χ3n) is 4.26. The van der Waals surface area contributed by atoms with Crippen LogP contribution in [0, 0.1) is 6.92 Å².